The van der Waals surface area contributed by atoms with E-state index >= 15 is 0 Å². The van der Waals surface area contributed by atoms with Crippen molar-refractivity contribution in [2.45, 2.75) is 38.1 Å². The van der Waals surface area contributed by atoms with E-state index in [1.807, 2.05) is 13.1 Å². The molecule has 1 unspecified atom stereocenters. The Morgan fingerprint density at radius 1 is 1.41 bits per heavy atom. The minimum Gasteiger partial charge on any atom is -0.313 e. The molecule has 1 aromatic rings. The van der Waals surface area contributed by atoms with Gasteiger partial charge >= 0.3 is 0 Å². The zero-order valence-corrected chi connectivity index (χ0v) is 10.9. The first kappa shape index (κ1) is 12.8. The summed E-state index contributed by atoms with van der Waals surface area (Å²) in [7, 11) is 1.94. The van der Waals surface area contributed by atoms with E-state index in [4.69, 9.17) is 11.6 Å². The van der Waals surface area contributed by atoms with Crippen LogP contribution >= 0.6 is 11.6 Å². The van der Waals surface area contributed by atoms with Gasteiger partial charge in [-0.15, -0.1) is 0 Å². The van der Waals surface area contributed by atoms with Crippen molar-refractivity contribution in [3.63, 3.8) is 0 Å². The second-order valence-corrected chi connectivity index (χ2v) is 5.31. The van der Waals surface area contributed by atoms with Crippen LogP contribution in [0, 0.1) is 11.7 Å². The summed E-state index contributed by atoms with van der Waals surface area (Å²) in [6.07, 6.45) is 6.41. The van der Waals surface area contributed by atoms with Crippen LogP contribution in [-0.2, 0) is 0 Å². The third-order valence-corrected chi connectivity index (χ3v) is 4.04. The van der Waals surface area contributed by atoms with E-state index in [-0.39, 0.29) is 16.9 Å². The summed E-state index contributed by atoms with van der Waals surface area (Å²) in [5.41, 5.74) is 1.00. The van der Waals surface area contributed by atoms with Gasteiger partial charge in [-0.1, -0.05) is 43.4 Å². The van der Waals surface area contributed by atoms with Crippen LogP contribution in [0.25, 0.3) is 0 Å². The predicted octanol–water partition coefficient (Wildman–Crippen LogP) is 4.32. The minimum absolute atomic E-state index is 0.199. The Kier molecular flexibility index (Phi) is 4.41. The Labute approximate surface area is 107 Å². The molecule has 1 N–H and O–H groups in total. The van der Waals surface area contributed by atoms with E-state index < -0.39 is 0 Å². The van der Waals surface area contributed by atoms with E-state index in [0.29, 0.717) is 0 Å². The largest absolute Gasteiger partial charge is 0.313 e. The second kappa shape index (κ2) is 5.83. The van der Waals surface area contributed by atoms with Gasteiger partial charge in [-0.3, -0.25) is 0 Å². The molecule has 0 heterocycles. The van der Waals surface area contributed by atoms with Gasteiger partial charge in [0.2, 0.25) is 0 Å². The van der Waals surface area contributed by atoms with Crippen molar-refractivity contribution in [1.29, 1.82) is 0 Å². The summed E-state index contributed by atoms with van der Waals surface area (Å²) in [4.78, 5) is 0. The van der Waals surface area contributed by atoms with E-state index in [9.17, 15) is 4.39 Å². The quantitative estimate of drug-likeness (QED) is 0.845. The van der Waals surface area contributed by atoms with Crippen LogP contribution < -0.4 is 5.32 Å². The Morgan fingerprint density at radius 2 is 2.12 bits per heavy atom. The lowest BCUT2D eigenvalue weighted by atomic mass is 9.93. The lowest BCUT2D eigenvalue weighted by Crippen LogP contribution is -2.19. The fraction of sp³-hybridized carbons (Fsp3) is 0.571. The van der Waals surface area contributed by atoms with Crippen LogP contribution in [0.4, 0.5) is 4.39 Å². The molecule has 0 aliphatic heterocycles. The maximum absolute atomic E-state index is 13.4. The third-order valence-electron chi connectivity index (χ3n) is 3.74. The highest BCUT2D eigenvalue weighted by Crippen LogP contribution is 2.33. The first-order valence-corrected chi connectivity index (χ1v) is 6.70. The molecule has 1 aromatic carbocycles. The summed E-state index contributed by atoms with van der Waals surface area (Å²) in [6.45, 7) is 0. The summed E-state index contributed by atoms with van der Waals surface area (Å²) >= 11 is 5.70. The SMILES string of the molecule is CNC(CC1CCCC1)c1ccc(Cl)c(F)c1. The highest BCUT2D eigenvalue weighted by molar-refractivity contribution is 6.30. The topological polar surface area (TPSA) is 12.0 Å². The monoisotopic (exact) mass is 255 g/mol. The Bertz CT molecular complexity index is 374. The van der Waals surface area contributed by atoms with Crippen molar-refractivity contribution >= 4 is 11.6 Å². The molecule has 0 amide bonds. The summed E-state index contributed by atoms with van der Waals surface area (Å²) in [5.74, 6) is 0.460. The Hall–Kier alpha value is -0.600. The molecule has 94 valence electrons. The van der Waals surface area contributed by atoms with Gasteiger partial charge < -0.3 is 5.32 Å². The summed E-state index contributed by atoms with van der Waals surface area (Å²) in [6, 6.07) is 5.36. The number of nitrogens with one attached hydrogen (secondary N) is 1. The zero-order chi connectivity index (χ0) is 12.3. The van der Waals surface area contributed by atoms with E-state index in [0.717, 1.165) is 17.9 Å². The molecule has 1 fully saturated rings. The van der Waals surface area contributed by atoms with Crippen molar-refractivity contribution in [1.82, 2.24) is 5.32 Å². The van der Waals surface area contributed by atoms with Crippen LogP contribution in [0.15, 0.2) is 18.2 Å². The number of rotatable bonds is 4. The lowest BCUT2D eigenvalue weighted by molar-refractivity contribution is 0.412. The number of hydrogen-bond donors (Lipinski definition) is 1. The Balaban J connectivity index is 2.08. The van der Waals surface area contributed by atoms with Gasteiger partial charge in [-0.05, 0) is 37.1 Å². The second-order valence-electron chi connectivity index (χ2n) is 4.90. The smallest absolute Gasteiger partial charge is 0.142 e. The molecule has 1 atom stereocenters. The maximum atomic E-state index is 13.4. The van der Waals surface area contributed by atoms with Crippen LogP contribution in [0.2, 0.25) is 5.02 Å². The molecule has 0 saturated heterocycles. The van der Waals surface area contributed by atoms with Crippen LogP contribution in [0.5, 0.6) is 0 Å². The maximum Gasteiger partial charge on any atom is 0.142 e. The van der Waals surface area contributed by atoms with Gasteiger partial charge in [-0.2, -0.15) is 0 Å². The van der Waals surface area contributed by atoms with Crippen molar-refractivity contribution in [3.8, 4) is 0 Å². The van der Waals surface area contributed by atoms with Crippen molar-refractivity contribution in [2.24, 2.45) is 5.92 Å². The van der Waals surface area contributed by atoms with Gasteiger partial charge in [0.25, 0.3) is 0 Å². The standard InChI is InChI=1S/C14H19ClFN/c1-17-14(8-10-4-2-3-5-10)11-6-7-12(15)13(16)9-11/h6-7,9-10,14,17H,2-5,8H2,1H3. The van der Waals surface area contributed by atoms with Crippen molar-refractivity contribution < 1.29 is 4.39 Å². The van der Waals surface area contributed by atoms with Gasteiger partial charge in [0.15, 0.2) is 0 Å². The Morgan fingerprint density at radius 3 is 2.71 bits per heavy atom. The fourth-order valence-electron chi connectivity index (χ4n) is 2.73. The van der Waals surface area contributed by atoms with E-state index in [2.05, 4.69) is 5.32 Å². The van der Waals surface area contributed by atoms with Crippen LogP contribution in [0.1, 0.15) is 43.7 Å². The molecule has 1 aliphatic carbocycles. The molecule has 0 spiro atoms. The highest BCUT2D eigenvalue weighted by atomic mass is 35.5. The minimum atomic E-state index is -0.323. The van der Waals surface area contributed by atoms with E-state index in [1.54, 1.807) is 12.1 Å². The summed E-state index contributed by atoms with van der Waals surface area (Å²) in [5, 5.41) is 3.48. The molecular formula is C14H19ClFN. The zero-order valence-electron chi connectivity index (χ0n) is 10.2. The summed E-state index contributed by atoms with van der Waals surface area (Å²) < 4.78 is 13.4. The van der Waals surface area contributed by atoms with Crippen LogP contribution in [-0.4, -0.2) is 7.05 Å². The molecule has 0 radical (unpaired) electrons. The van der Waals surface area contributed by atoms with Gasteiger partial charge in [0, 0.05) is 6.04 Å². The van der Waals surface area contributed by atoms with E-state index in [1.165, 1.54) is 25.7 Å². The first-order valence-electron chi connectivity index (χ1n) is 6.33. The predicted molar refractivity (Wildman–Crippen MR) is 69.8 cm³/mol. The van der Waals surface area contributed by atoms with Gasteiger partial charge in [0.05, 0.1) is 5.02 Å². The van der Waals surface area contributed by atoms with Crippen molar-refractivity contribution in [2.75, 3.05) is 7.05 Å². The molecule has 1 nitrogen and oxygen atoms in total. The molecule has 0 bridgehead atoms. The average molecular weight is 256 g/mol. The van der Waals surface area contributed by atoms with Crippen LogP contribution in [0.3, 0.4) is 0 Å². The number of halogens is 2. The van der Waals surface area contributed by atoms with Crippen molar-refractivity contribution in [3.05, 3.63) is 34.6 Å². The highest BCUT2D eigenvalue weighted by Gasteiger charge is 2.20. The molecule has 1 saturated carbocycles. The first-order chi connectivity index (χ1) is 8.20. The molecule has 0 aromatic heterocycles. The normalized spacial score (nSPS) is 18.5. The molecule has 3 heteroatoms. The third kappa shape index (κ3) is 3.20. The van der Waals surface area contributed by atoms with Gasteiger partial charge in [0.1, 0.15) is 5.82 Å². The molecular weight excluding hydrogens is 237 g/mol. The van der Waals surface area contributed by atoms with Gasteiger partial charge in [-0.25, -0.2) is 4.39 Å². The molecule has 17 heavy (non-hydrogen) atoms. The average Bonchev–Trinajstić information content (AvgIpc) is 2.82. The number of hydrogen-bond acceptors (Lipinski definition) is 1. The fourth-order valence-corrected chi connectivity index (χ4v) is 2.85. The lowest BCUT2D eigenvalue weighted by Gasteiger charge is -2.20. The molecule has 2 rings (SSSR count). The number of benzene rings is 1. The molecule has 1 aliphatic rings.